The zero-order valence-electron chi connectivity index (χ0n) is 11.0. The molecule has 0 aromatic heterocycles. The predicted octanol–water partition coefficient (Wildman–Crippen LogP) is 3.66. The summed E-state index contributed by atoms with van der Waals surface area (Å²) in [6, 6.07) is 4.34. The second kappa shape index (κ2) is 4.96. The molecule has 1 aromatic carbocycles. The molecule has 2 rings (SSSR count). The standard InChI is InChI=1S/C15H21F2N/c1-10-6-7-11(2)15(18,8-10)9-12-4-3-5-13(16)14(12)17/h3-5,10-11H,6-9,18H2,1-2H3. The van der Waals surface area contributed by atoms with Crippen molar-refractivity contribution in [2.45, 2.75) is 45.1 Å². The van der Waals surface area contributed by atoms with Crippen LogP contribution in [-0.2, 0) is 6.42 Å². The van der Waals surface area contributed by atoms with Gasteiger partial charge in [0.2, 0.25) is 0 Å². The van der Waals surface area contributed by atoms with E-state index in [1.54, 1.807) is 12.1 Å². The molecule has 0 aliphatic heterocycles. The van der Waals surface area contributed by atoms with Gasteiger partial charge in [0.15, 0.2) is 11.6 Å². The van der Waals surface area contributed by atoms with Crippen molar-refractivity contribution in [2.75, 3.05) is 0 Å². The molecule has 3 unspecified atom stereocenters. The van der Waals surface area contributed by atoms with Crippen molar-refractivity contribution in [3.8, 4) is 0 Å². The summed E-state index contributed by atoms with van der Waals surface area (Å²) >= 11 is 0. The normalized spacial score (nSPS) is 32.5. The van der Waals surface area contributed by atoms with Crippen LogP contribution in [0.25, 0.3) is 0 Å². The van der Waals surface area contributed by atoms with E-state index in [0.29, 0.717) is 23.8 Å². The Balaban J connectivity index is 2.23. The lowest BCUT2D eigenvalue weighted by atomic mass is 9.68. The van der Waals surface area contributed by atoms with E-state index in [2.05, 4.69) is 13.8 Å². The summed E-state index contributed by atoms with van der Waals surface area (Å²) in [6.07, 6.45) is 3.53. The van der Waals surface area contributed by atoms with Crippen molar-refractivity contribution in [3.63, 3.8) is 0 Å². The van der Waals surface area contributed by atoms with E-state index in [4.69, 9.17) is 5.73 Å². The Morgan fingerprint density at radius 1 is 1.28 bits per heavy atom. The van der Waals surface area contributed by atoms with Gasteiger partial charge in [-0.2, -0.15) is 0 Å². The molecule has 0 bridgehead atoms. The number of hydrogen-bond acceptors (Lipinski definition) is 1. The maximum atomic E-state index is 13.7. The van der Waals surface area contributed by atoms with Crippen molar-refractivity contribution in [3.05, 3.63) is 35.4 Å². The van der Waals surface area contributed by atoms with Gasteiger partial charge in [0, 0.05) is 5.54 Å². The zero-order chi connectivity index (χ0) is 13.3. The van der Waals surface area contributed by atoms with Crippen LogP contribution in [0.3, 0.4) is 0 Å². The van der Waals surface area contributed by atoms with E-state index in [1.807, 2.05) is 0 Å². The quantitative estimate of drug-likeness (QED) is 0.855. The fourth-order valence-electron chi connectivity index (χ4n) is 3.06. The highest BCUT2D eigenvalue weighted by Crippen LogP contribution is 2.37. The van der Waals surface area contributed by atoms with E-state index in [0.717, 1.165) is 18.9 Å². The molecular formula is C15H21F2N. The second-order valence-electron chi connectivity index (χ2n) is 5.91. The topological polar surface area (TPSA) is 26.0 Å². The van der Waals surface area contributed by atoms with E-state index in [1.165, 1.54) is 6.42 Å². The van der Waals surface area contributed by atoms with Gasteiger partial charge in [0.1, 0.15) is 0 Å². The molecule has 2 N–H and O–H groups in total. The highest BCUT2D eigenvalue weighted by atomic mass is 19.2. The molecule has 100 valence electrons. The maximum Gasteiger partial charge on any atom is 0.162 e. The average molecular weight is 253 g/mol. The van der Waals surface area contributed by atoms with Gasteiger partial charge < -0.3 is 5.73 Å². The molecule has 1 aliphatic rings. The van der Waals surface area contributed by atoms with Gasteiger partial charge in [-0.15, -0.1) is 0 Å². The second-order valence-corrected chi connectivity index (χ2v) is 5.91. The third-order valence-corrected chi connectivity index (χ3v) is 4.35. The average Bonchev–Trinajstić information content (AvgIpc) is 2.30. The van der Waals surface area contributed by atoms with Crippen LogP contribution in [0.15, 0.2) is 18.2 Å². The monoisotopic (exact) mass is 253 g/mol. The molecule has 1 nitrogen and oxygen atoms in total. The Kier molecular flexibility index (Phi) is 3.71. The van der Waals surface area contributed by atoms with Gasteiger partial charge in [-0.05, 0) is 42.7 Å². The molecule has 1 fully saturated rings. The molecule has 1 saturated carbocycles. The minimum atomic E-state index is -0.785. The van der Waals surface area contributed by atoms with Gasteiger partial charge in [0.05, 0.1) is 0 Å². The van der Waals surface area contributed by atoms with Gasteiger partial charge in [0.25, 0.3) is 0 Å². The number of hydrogen-bond donors (Lipinski definition) is 1. The molecule has 1 aromatic rings. The van der Waals surface area contributed by atoms with Crippen molar-refractivity contribution in [1.29, 1.82) is 0 Å². The Morgan fingerprint density at radius 3 is 2.72 bits per heavy atom. The van der Waals surface area contributed by atoms with E-state index in [9.17, 15) is 8.78 Å². The highest BCUT2D eigenvalue weighted by molar-refractivity contribution is 5.22. The Bertz CT molecular complexity index is 433. The first-order valence-corrected chi connectivity index (χ1v) is 6.64. The third kappa shape index (κ3) is 2.56. The van der Waals surface area contributed by atoms with Crippen molar-refractivity contribution < 1.29 is 8.78 Å². The minimum absolute atomic E-state index is 0.344. The van der Waals surface area contributed by atoms with E-state index in [-0.39, 0.29) is 0 Å². The summed E-state index contributed by atoms with van der Waals surface area (Å²) in [7, 11) is 0. The van der Waals surface area contributed by atoms with Crippen molar-refractivity contribution in [2.24, 2.45) is 17.6 Å². The Morgan fingerprint density at radius 2 is 2.00 bits per heavy atom. The zero-order valence-corrected chi connectivity index (χ0v) is 11.0. The number of rotatable bonds is 2. The number of halogens is 2. The summed E-state index contributed by atoms with van der Waals surface area (Å²) in [6.45, 7) is 4.29. The SMILES string of the molecule is CC1CCC(C)C(N)(Cc2cccc(F)c2F)C1. The molecule has 1 aliphatic carbocycles. The third-order valence-electron chi connectivity index (χ3n) is 4.35. The Hall–Kier alpha value is -0.960. The summed E-state index contributed by atoms with van der Waals surface area (Å²) in [5, 5.41) is 0. The van der Waals surface area contributed by atoms with Crippen molar-refractivity contribution in [1.82, 2.24) is 0 Å². The molecule has 3 heteroatoms. The first-order valence-electron chi connectivity index (χ1n) is 6.64. The lowest BCUT2D eigenvalue weighted by molar-refractivity contribution is 0.159. The van der Waals surface area contributed by atoms with Crippen LogP contribution >= 0.6 is 0 Å². The fraction of sp³-hybridized carbons (Fsp3) is 0.600. The van der Waals surface area contributed by atoms with E-state index >= 15 is 0 Å². The summed E-state index contributed by atoms with van der Waals surface area (Å²) in [5.74, 6) is -0.625. The molecule has 3 atom stereocenters. The summed E-state index contributed by atoms with van der Waals surface area (Å²) < 4.78 is 26.9. The van der Waals surface area contributed by atoms with Crippen LogP contribution in [-0.4, -0.2) is 5.54 Å². The van der Waals surface area contributed by atoms with Crippen LogP contribution in [0.1, 0.15) is 38.7 Å². The summed E-state index contributed by atoms with van der Waals surface area (Å²) in [4.78, 5) is 0. The van der Waals surface area contributed by atoms with E-state index < -0.39 is 17.2 Å². The van der Waals surface area contributed by atoms with Gasteiger partial charge in [-0.25, -0.2) is 8.78 Å². The first-order chi connectivity index (χ1) is 8.42. The molecule has 0 heterocycles. The lowest BCUT2D eigenvalue weighted by Gasteiger charge is -2.42. The maximum absolute atomic E-state index is 13.7. The predicted molar refractivity (Wildman–Crippen MR) is 69.2 cm³/mol. The van der Waals surface area contributed by atoms with Crippen LogP contribution in [0, 0.1) is 23.5 Å². The summed E-state index contributed by atoms with van der Waals surface area (Å²) in [5.41, 5.74) is 6.45. The molecule has 0 radical (unpaired) electrons. The van der Waals surface area contributed by atoms with Crippen LogP contribution in [0.4, 0.5) is 8.78 Å². The fourth-order valence-corrected chi connectivity index (χ4v) is 3.06. The molecule has 18 heavy (non-hydrogen) atoms. The van der Waals surface area contributed by atoms with Crippen LogP contribution in [0.5, 0.6) is 0 Å². The van der Waals surface area contributed by atoms with Gasteiger partial charge >= 0.3 is 0 Å². The molecule has 0 amide bonds. The van der Waals surface area contributed by atoms with Crippen LogP contribution in [0.2, 0.25) is 0 Å². The molecule has 0 spiro atoms. The van der Waals surface area contributed by atoms with Gasteiger partial charge in [-0.3, -0.25) is 0 Å². The Labute approximate surface area is 107 Å². The van der Waals surface area contributed by atoms with Gasteiger partial charge in [-0.1, -0.05) is 32.4 Å². The first kappa shape index (κ1) is 13.5. The van der Waals surface area contributed by atoms with Crippen LogP contribution < -0.4 is 5.73 Å². The molecule has 0 saturated heterocycles. The largest absolute Gasteiger partial charge is 0.325 e. The lowest BCUT2D eigenvalue weighted by Crippen LogP contribution is -2.51. The smallest absolute Gasteiger partial charge is 0.162 e. The molecular weight excluding hydrogens is 232 g/mol. The number of nitrogens with two attached hydrogens (primary N) is 1. The van der Waals surface area contributed by atoms with Crippen molar-refractivity contribution >= 4 is 0 Å². The minimum Gasteiger partial charge on any atom is -0.325 e. The highest BCUT2D eigenvalue weighted by Gasteiger charge is 2.37. The number of benzene rings is 1.